The van der Waals surface area contributed by atoms with Crippen molar-refractivity contribution in [1.29, 1.82) is 0 Å². The molecular weight excluding hydrogens is 364 g/mol. The molecule has 1 amide bonds. The number of fused-ring (bicyclic) bond motifs is 2. The molecule has 1 aromatic carbocycles. The van der Waals surface area contributed by atoms with Gasteiger partial charge in [-0.05, 0) is 42.5 Å². The van der Waals surface area contributed by atoms with E-state index in [1.165, 1.54) is 11.1 Å². The van der Waals surface area contributed by atoms with Gasteiger partial charge in [-0.2, -0.15) is 0 Å². The van der Waals surface area contributed by atoms with E-state index in [2.05, 4.69) is 28.1 Å². The highest BCUT2D eigenvalue weighted by molar-refractivity contribution is 5.80. The van der Waals surface area contributed by atoms with Crippen molar-refractivity contribution in [2.24, 2.45) is 5.92 Å². The lowest BCUT2D eigenvalue weighted by Crippen LogP contribution is -2.46. The molecule has 148 valence electrons. The van der Waals surface area contributed by atoms with Gasteiger partial charge in [-0.1, -0.05) is 30.3 Å². The molecule has 0 N–H and O–H groups in total. The van der Waals surface area contributed by atoms with Gasteiger partial charge in [-0.25, -0.2) is 4.98 Å². The van der Waals surface area contributed by atoms with Gasteiger partial charge >= 0.3 is 0 Å². The summed E-state index contributed by atoms with van der Waals surface area (Å²) in [5, 5.41) is 0. The number of aromatic nitrogens is 2. The maximum atomic E-state index is 13.2. The summed E-state index contributed by atoms with van der Waals surface area (Å²) in [6.45, 7) is 2.91. The summed E-state index contributed by atoms with van der Waals surface area (Å²) in [4.78, 5) is 34.4. The summed E-state index contributed by atoms with van der Waals surface area (Å²) in [5.41, 5.74) is 3.15. The Hall–Kier alpha value is -3.15. The Bertz CT molecular complexity index is 1120. The van der Waals surface area contributed by atoms with Crippen LogP contribution in [0.15, 0.2) is 59.5 Å². The van der Waals surface area contributed by atoms with Gasteiger partial charge in [0.25, 0.3) is 5.56 Å². The van der Waals surface area contributed by atoms with Crippen molar-refractivity contribution in [2.45, 2.75) is 25.8 Å². The molecule has 0 bridgehead atoms. The molecule has 1 saturated heterocycles. The Morgan fingerprint density at radius 3 is 2.76 bits per heavy atom. The van der Waals surface area contributed by atoms with E-state index >= 15 is 0 Å². The molecule has 6 nitrogen and oxygen atoms in total. The Balaban J connectivity index is 1.35. The summed E-state index contributed by atoms with van der Waals surface area (Å²) in [7, 11) is 0. The van der Waals surface area contributed by atoms with Gasteiger partial charge in [-0.3, -0.25) is 14.0 Å². The lowest BCUT2D eigenvalue weighted by molar-refractivity contribution is -0.136. The monoisotopic (exact) mass is 388 g/mol. The molecule has 6 heteroatoms. The van der Waals surface area contributed by atoms with Crippen LogP contribution in [0.2, 0.25) is 0 Å². The molecule has 0 spiro atoms. The average Bonchev–Trinajstić information content (AvgIpc) is 2.78. The fourth-order valence-electron chi connectivity index (χ4n) is 4.53. The summed E-state index contributed by atoms with van der Waals surface area (Å²) in [6, 6.07) is 15.5. The van der Waals surface area contributed by atoms with Crippen LogP contribution in [0.5, 0.6) is 0 Å². The molecule has 2 aromatic heterocycles. The Morgan fingerprint density at radius 1 is 1.03 bits per heavy atom. The van der Waals surface area contributed by atoms with Gasteiger partial charge in [0.1, 0.15) is 11.5 Å². The van der Waals surface area contributed by atoms with Crippen LogP contribution in [0.4, 0.5) is 5.82 Å². The third kappa shape index (κ3) is 3.39. The minimum atomic E-state index is -0.0910. The number of anilines is 1. The first-order valence-electron chi connectivity index (χ1n) is 10.3. The Labute approximate surface area is 169 Å². The van der Waals surface area contributed by atoms with E-state index in [4.69, 9.17) is 0 Å². The maximum absolute atomic E-state index is 13.2. The van der Waals surface area contributed by atoms with Crippen molar-refractivity contribution in [3.8, 4) is 0 Å². The fourth-order valence-corrected chi connectivity index (χ4v) is 4.53. The molecule has 5 rings (SSSR count). The van der Waals surface area contributed by atoms with Gasteiger partial charge in [0, 0.05) is 38.4 Å². The first-order chi connectivity index (χ1) is 14.2. The number of carbonyl (C=O) groups is 1. The van der Waals surface area contributed by atoms with Crippen LogP contribution < -0.4 is 10.5 Å². The molecule has 1 unspecified atom stereocenters. The number of piperidine rings is 1. The van der Waals surface area contributed by atoms with Crippen molar-refractivity contribution in [3.05, 3.63) is 76.2 Å². The molecule has 0 aliphatic carbocycles. The topological polar surface area (TPSA) is 57.9 Å². The largest absolute Gasteiger partial charge is 0.356 e. The molecule has 1 atom stereocenters. The number of rotatable bonds is 2. The first kappa shape index (κ1) is 17.9. The fraction of sp³-hybridized carbons (Fsp3) is 0.348. The van der Waals surface area contributed by atoms with Crippen LogP contribution in [0.3, 0.4) is 0 Å². The molecule has 4 heterocycles. The summed E-state index contributed by atoms with van der Waals surface area (Å²) < 4.78 is 1.54. The molecule has 0 radical (unpaired) electrons. The van der Waals surface area contributed by atoms with Crippen molar-refractivity contribution in [3.63, 3.8) is 0 Å². The zero-order valence-electron chi connectivity index (χ0n) is 16.3. The second-order valence-corrected chi connectivity index (χ2v) is 7.95. The highest BCUT2D eigenvalue weighted by Crippen LogP contribution is 2.26. The van der Waals surface area contributed by atoms with E-state index in [1.54, 1.807) is 16.7 Å². The third-order valence-electron chi connectivity index (χ3n) is 6.09. The summed E-state index contributed by atoms with van der Waals surface area (Å²) in [5.74, 6) is 0.842. The van der Waals surface area contributed by atoms with E-state index in [9.17, 15) is 9.59 Å². The minimum absolute atomic E-state index is 0.0509. The minimum Gasteiger partial charge on any atom is -0.356 e. The van der Waals surface area contributed by atoms with Crippen molar-refractivity contribution >= 4 is 17.4 Å². The lowest BCUT2D eigenvalue weighted by Gasteiger charge is -2.37. The predicted molar refractivity (Wildman–Crippen MR) is 112 cm³/mol. The summed E-state index contributed by atoms with van der Waals surface area (Å²) in [6.07, 6.45) is 4.46. The standard InChI is InChI=1S/C23H24N4O2/c28-22-14-21(24-20-9-3-4-12-27(20)22)25-11-5-8-19(16-25)23(29)26-13-10-17-6-1-2-7-18(17)15-26/h1-4,6-7,9,12,14,19H,5,8,10-11,13,15-16H2. The Kier molecular flexibility index (Phi) is 4.54. The van der Waals surface area contributed by atoms with E-state index in [0.717, 1.165) is 32.4 Å². The molecule has 2 aliphatic rings. The highest BCUT2D eigenvalue weighted by atomic mass is 16.2. The number of carbonyl (C=O) groups excluding carboxylic acids is 1. The number of nitrogens with zero attached hydrogens (tertiary/aromatic N) is 4. The normalized spacial score (nSPS) is 19.2. The number of hydrogen-bond donors (Lipinski definition) is 0. The second kappa shape index (κ2) is 7.35. The number of amides is 1. The molecule has 29 heavy (non-hydrogen) atoms. The van der Waals surface area contributed by atoms with Gasteiger partial charge in [-0.15, -0.1) is 0 Å². The number of hydrogen-bond acceptors (Lipinski definition) is 4. The van der Waals surface area contributed by atoms with Crippen LogP contribution in [-0.4, -0.2) is 39.8 Å². The van der Waals surface area contributed by atoms with E-state index < -0.39 is 0 Å². The van der Waals surface area contributed by atoms with Crippen LogP contribution in [-0.2, 0) is 17.8 Å². The second-order valence-electron chi connectivity index (χ2n) is 7.95. The smallest absolute Gasteiger partial charge is 0.259 e. The van der Waals surface area contributed by atoms with Crippen LogP contribution in [0.25, 0.3) is 5.65 Å². The zero-order valence-corrected chi connectivity index (χ0v) is 16.3. The molecule has 1 fully saturated rings. The van der Waals surface area contributed by atoms with Crippen LogP contribution in [0.1, 0.15) is 24.0 Å². The van der Waals surface area contributed by atoms with Gasteiger partial charge in [0.15, 0.2) is 0 Å². The summed E-state index contributed by atoms with van der Waals surface area (Å²) >= 11 is 0. The predicted octanol–water partition coefficient (Wildman–Crippen LogP) is 2.50. The van der Waals surface area contributed by atoms with Gasteiger partial charge < -0.3 is 9.80 Å². The average molecular weight is 388 g/mol. The van der Waals surface area contributed by atoms with Crippen LogP contribution >= 0.6 is 0 Å². The first-order valence-corrected chi connectivity index (χ1v) is 10.3. The SMILES string of the molecule is O=C(C1CCCN(c2cc(=O)n3ccccc3n2)C1)N1CCc2ccccc2C1. The van der Waals surface area contributed by atoms with Crippen molar-refractivity contribution < 1.29 is 4.79 Å². The maximum Gasteiger partial charge on any atom is 0.259 e. The lowest BCUT2D eigenvalue weighted by atomic mass is 9.94. The van der Waals surface area contributed by atoms with Crippen molar-refractivity contribution in [1.82, 2.24) is 14.3 Å². The zero-order chi connectivity index (χ0) is 19.8. The molecule has 0 saturated carbocycles. The third-order valence-corrected chi connectivity index (χ3v) is 6.09. The number of benzene rings is 1. The Morgan fingerprint density at radius 2 is 1.86 bits per heavy atom. The molecule has 3 aromatic rings. The van der Waals surface area contributed by atoms with E-state index in [-0.39, 0.29) is 17.4 Å². The van der Waals surface area contributed by atoms with Crippen molar-refractivity contribution in [2.75, 3.05) is 24.5 Å². The van der Waals surface area contributed by atoms with E-state index in [0.29, 0.717) is 24.6 Å². The highest BCUT2D eigenvalue weighted by Gasteiger charge is 2.31. The molecule has 2 aliphatic heterocycles. The van der Waals surface area contributed by atoms with Gasteiger partial charge in [0.05, 0.1) is 5.92 Å². The van der Waals surface area contributed by atoms with Gasteiger partial charge in [0.2, 0.25) is 5.91 Å². The van der Waals surface area contributed by atoms with E-state index in [1.807, 2.05) is 29.2 Å². The molecular formula is C23H24N4O2. The number of pyridine rings is 1. The quantitative estimate of drug-likeness (QED) is 0.677. The van der Waals surface area contributed by atoms with Crippen LogP contribution in [0, 0.1) is 5.92 Å².